The monoisotopic (exact) mass is 314 g/mol. The third kappa shape index (κ3) is 3.38. The van der Waals surface area contributed by atoms with E-state index in [9.17, 15) is 4.79 Å². The smallest absolute Gasteiger partial charge is 0.255 e. The lowest BCUT2D eigenvalue weighted by atomic mass is 10.2. The highest BCUT2D eigenvalue weighted by molar-refractivity contribution is 6.42. The average molecular weight is 316 g/mol. The maximum absolute atomic E-state index is 12.0. The zero-order valence-corrected chi connectivity index (χ0v) is 12.1. The Kier molecular flexibility index (Phi) is 4.30. The van der Waals surface area contributed by atoms with Gasteiger partial charge in [0.25, 0.3) is 5.91 Å². The number of anilines is 1. The third-order valence-corrected chi connectivity index (χ3v) is 3.43. The van der Waals surface area contributed by atoms with E-state index in [1.54, 1.807) is 31.2 Å². The molecule has 2 aromatic rings. The minimum atomic E-state index is -0.286. The molecule has 1 aromatic carbocycles. The Balaban J connectivity index is 2.23. The van der Waals surface area contributed by atoms with E-state index in [2.05, 4.69) is 10.3 Å². The van der Waals surface area contributed by atoms with Crippen LogP contribution in [0.2, 0.25) is 15.2 Å². The third-order valence-electron chi connectivity index (χ3n) is 2.48. The van der Waals surface area contributed by atoms with Gasteiger partial charge in [0, 0.05) is 5.56 Å². The Bertz CT molecular complexity index is 644. The van der Waals surface area contributed by atoms with Crippen LogP contribution in [0.3, 0.4) is 0 Å². The number of pyridine rings is 1. The summed E-state index contributed by atoms with van der Waals surface area (Å²) in [6, 6.07) is 7.99. The number of nitrogens with one attached hydrogen (secondary N) is 1. The first-order chi connectivity index (χ1) is 8.97. The first-order valence-electron chi connectivity index (χ1n) is 5.37. The molecule has 1 N–H and O–H groups in total. The summed E-state index contributed by atoms with van der Waals surface area (Å²) >= 11 is 17.4. The molecule has 0 bridgehead atoms. The van der Waals surface area contributed by atoms with Crippen LogP contribution in [-0.2, 0) is 0 Å². The van der Waals surface area contributed by atoms with Crippen LogP contribution in [0.1, 0.15) is 16.1 Å². The van der Waals surface area contributed by atoms with E-state index in [0.717, 1.165) is 0 Å². The van der Waals surface area contributed by atoms with Gasteiger partial charge >= 0.3 is 0 Å². The molecule has 0 unspecified atom stereocenters. The SMILES string of the molecule is Cc1nc(Cl)ccc1NC(=O)c1ccc(Cl)c(Cl)c1. The van der Waals surface area contributed by atoms with Crippen molar-refractivity contribution in [1.82, 2.24) is 4.98 Å². The van der Waals surface area contributed by atoms with E-state index < -0.39 is 0 Å². The number of nitrogens with zero attached hydrogens (tertiary/aromatic N) is 1. The highest BCUT2D eigenvalue weighted by Crippen LogP contribution is 2.23. The Hall–Kier alpha value is -1.29. The number of hydrogen-bond acceptors (Lipinski definition) is 2. The normalized spacial score (nSPS) is 10.3. The van der Waals surface area contributed by atoms with Gasteiger partial charge in [0.15, 0.2) is 0 Å². The molecule has 0 aliphatic rings. The number of benzene rings is 1. The molecule has 6 heteroatoms. The molecule has 1 aromatic heterocycles. The van der Waals surface area contributed by atoms with Crippen LogP contribution in [0.5, 0.6) is 0 Å². The van der Waals surface area contributed by atoms with Crippen LogP contribution in [0.4, 0.5) is 5.69 Å². The van der Waals surface area contributed by atoms with Gasteiger partial charge in [-0.25, -0.2) is 4.98 Å². The number of rotatable bonds is 2. The van der Waals surface area contributed by atoms with Gasteiger partial charge in [-0.1, -0.05) is 34.8 Å². The summed E-state index contributed by atoms with van der Waals surface area (Å²) in [5.74, 6) is -0.286. The van der Waals surface area contributed by atoms with Crippen molar-refractivity contribution in [3.8, 4) is 0 Å². The lowest BCUT2D eigenvalue weighted by molar-refractivity contribution is 0.102. The van der Waals surface area contributed by atoms with Crippen molar-refractivity contribution >= 4 is 46.4 Å². The van der Waals surface area contributed by atoms with Crippen molar-refractivity contribution in [2.75, 3.05) is 5.32 Å². The molecule has 0 radical (unpaired) electrons. The van der Waals surface area contributed by atoms with Gasteiger partial charge in [-0.2, -0.15) is 0 Å². The molecule has 0 saturated heterocycles. The summed E-state index contributed by atoms with van der Waals surface area (Å²) < 4.78 is 0. The Labute approximate surface area is 125 Å². The Morgan fingerprint density at radius 2 is 1.84 bits per heavy atom. The highest BCUT2D eigenvalue weighted by atomic mass is 35.5. The number of amides is 1. The van der Waals surface area contributed by atoms with Gasteiger partial charge in [0.05, 0.1) is 21.4 Å². The van der Waals surface area contributed by atoms with Gasteiger partial charge in [0.1, 0.15) is 5.15 Å². The zero-order chi connectivity index (χ0) is 14.0. The molecule has 0 saturated carbocycles. The summed E-state index contributed by atoms with van der Waals surface area (Å²) in [5.41, 5.74) is 1.66. The van der Waals surface area contributed by atoms with Crippen LogP contribution in [0.15, 0.2) is 30.3 Å². The van der Waals surface area contributed by atoms with E-state index >= 15 is 0 Å². The predicted octanol–water partition coefficient (Wildman–Crippen LogP) is 4.60. The van der Waals surface area contributed by atoms with Crippen molar-refractivity contribution in [3.63, 3.8) is 0 Å². The number of carbonyl (C=O) groups excluding carboxylic acids is 1. The van der Waals surface area contributed by atoms with Crippen molar-refractivity contribution in [2.24, 2.45) is 0 Å². The molecule has 0 atom stereocenters. The molecule has 0 fully saturated rings. The summed E-state index contributed by atoms with van der Waals surface area (Å²) in [7, 11) is 0. The van der Waals surface area contributed by atoms with E-state index in [0.29, 0.717) is 32.1 Å². The van der Waals surface area contributed by atoms with Crippen LogP contribution in [-0.4, -0.2) is 10.9 Å². The minimum absolute atomic E-state index is 0.286. The highest BCUT2D eigenvalue weighted by Gasteiger charge is 2.10. The fourth-order valence-electron chi connectivity index (χ4n) is 1.49. The Morgan fingerprint density at radius 1 is 1.11 bits per heavy atom. The largest absolute Gasteiger partial charge is 0.320 e. The molecular weight excluding hydrogens is 307 g/mol. The standard InChI is InChI=1S/C13H9Cl3N2O/c1-7-11(4-5-12(16)17-7)18-13(19)8-2-3-9(14)10(15)6-8/h2-6H,1H3,(H,18,19). The molecule has 1 amide bonds. The second-order valence-corrected chi connectivity index (χ2v) is 5.05. The van der Waals surface area contributed by atoms with Gasteiger partial charge < -0.3 is 5.32 Å². The minimum Gasteiger partial charge on any atom is -0.320 e. The summed E-state index contributed by atoms with van der Waals surface area (Å²) in [6.45, 7) is 1.76. The summed E-state index contributed by atoms with van der Waals surface area (Å²) in [6.07, 6.45) is 0. The maximum Gasteiger partial charge on any atom is 0.255 e. The topological polar surface area (TPSA) is 42.0 Å². The molecule has 19 heavy (non-hydrogen) atoms. The predicted molar refractivity (Wildman–Crippen MR) is 78.4 cm³/mol. The van der Waals surface area contributed by atoms with Crippen molar-refractivity contribution in [3.05, 3.63) is 56.8 Å². The quantitative estimate of drug-likeness (QED) is 0.823. The first-order valence-corrected chi connectivity index (χ1v) is 6.50. The van der Waals surface area contributed by atoms with Gasteiger partial charge in [-0.15, -0.1) is 0 Å². The molecule has 0 spiro atoms. The molecule has 2 rings (SSSR count). The molecule has 1 heterocycles. The van der Waals surface area contributed by atoms with Crippen LogP contribution < -0.4 is 5.32 Å². The zero-order valence-electron chi connectivity index (χ0n) is 9.88. The van der Waals surface area contributed by atoms with E-state index in [1.807, 2.05) is 0 Å². The molecule has 0 aliphatic carbocycles. The number of halogens is 3. The van der Waals surface area contributed by atoms with E-state index in [1.165, 1.54) is 6.07 Å². The fourth-order valence-corrected chi connectivity index (χ4v) is 1.98. The maximum atomic E-state index is 12.0. The number of aryl methyl sites for hydroxylation is 1. The first kappa shape index (κ1) is 14.1. The second-order valence-electron chi connectivity index (χ2n) is 3.85. The van der Waals surface area contributed by atoms with Crippen molar-refractivity contribution in [2.45, 2.75) is 6.92 Å². The fraction of sp³-hybridized carbons (Fsp3) is 0.0769. The number of hydrogen-bond donors (Lipinski definition) is 1. The molecule has 0 aliphatic heterocycles. The van der Waals surface area contributed by atoms with E-state index in [4.69, 9.17) is 34.8 Å². The lowest BCUT2D eigenvalue weighted by Crippen LogP contribution is -2.13. The molecule has 3 nitrogen and oxygen atoms in total. The van der Waals surface area contributed by atoms with E-state index in [-0.39, 0.29) is 5.91 Å². The van der Waals surface area contributed by atoms with Crippen LogP contribution in [0, 0.1) is 6.92 Å². The molecule has 98 valence electrons. The van der Waals surface area contributed by atoms with Crippen molar-refractivity contribution in [1.29, 1.82) is 0 Å². The summed E-state index contributed by atoms with van der Waals surface area (Å²) in [4.78, 5) is 16.1. The average Bonchev–Trinajstić information content (AvgIpc) is 2.36. The second kappa shape index (κ2) is 5.78. The summed E-state index contributed by atoms with van der Waals surface area (Å²) in [5, 5.41) is 3.86. The van der Waals surface area contributed by atoms with Gasteiger partial charge in [-0.05, 0) is 37.3 Å². The lowest BCUT2D eigenvalue weighted by Gasteiger charge is -2.08. The Morgan fingerprint density at radius 3 is 2.47 bits per heavy atom. The number of aromatic nitrogens is 1. The van der Waals surface area contributed by atoms with Crippen LogP contribution >= 0.6 is 34.8 Å². The van der Waals surface area contributed by atoms with Gasteiger partial charge in [-0.3, -0.25) is 4.79 Å². The number of carbonyl (C=O) groups is 1. The van der Waals surface area contributed by atoms with Crippen molar-refractivity contribution < 1.29 is 4.79 Å². The van der Waals surface area contributed by atoms with Gasteiger partial charge in [0.2, 0.25) is 0 Å². The molecular formula is C13H9Cl3N2O. The van der Waals surface area contributed by atoms with Crippen LogP contribution in [0.25, 0.3) is 0 Å².